The van der Waals surface area contributed by atoms with Crippen LogP contribution in [0.2, 0.25) is 0 Å². The topological polar surface area (TPSA) is 72.2 Å². The van der Waals surface area contributed by atoms with Gasteiger partial charge in [-0.1, -0.05) is 17.8 Å². The fourth-order valence-electron chi connectivity index (χ4n) is 1.99. The molecule has 0 bridgehead atoms. The standard InChI is InChI=1S/C15H12F3N5OS/c1-9(25-14-21-13-19-6-3-7-23(13)22-14)12(24)20-11-5-2-4-10(8-11)15(16,17)18/h2-9H,1H3,(H,20,24). The molecule has 1 N–H and O–H groups in total. The maximum atomic E-state index is 12.7. The summed E-state index contributed by atoms with van der Waals surface area (Å²) in [5.41, 5.74) is -0.740. The molecule has 10 heteroatoms. The minimum absolute atomic E-state index is 0.0805. The lowest BCUT2D eigenvalue weighted by atomic mass is 10.2. The summed E-state index contributed by atoms with van der Waals surface area (Å²) < 4.78 is 39.6. The summed E-state index contributed by atoms with van der Waals surface area (Å²) in [6.07, 6.45) is -1.22. The van der Waals surface area contributed by atoms with Crippen molar-refractivity contribution in [1.29, 1.82) is 0 Å². The van der Waals surface area contributed by atoms with Gasteiger partial charge < -0.3 is 5.32 Å². The van der Waals surface area contributed by atoms with E-state index in [0.717, 1.165) is 23.9 Å². The number of nitrogens with zero attached hydrogens (tertiary/aromatic N) is 4. The number of thioether (sulfide) groups is 1. The number of fused-ring (bicyclic) bond motifs is 1. The summed E-state index contributed by atoms with van der Waals surface area (Å²) in [6, 6.07) is 6.17. The van der Waals surface area contributed by atoms with E-state index in [9.17, 15) is 18.0 Å². The Labute approximate surface area is 144 Å². The van der Waals surface area contributed by atoms with Crippen LogP contribution in [0.4, 0.5) is 18.9 Å². The van der Waals surface area contributed by atoms with E-state index in [0.29, 0.717) is 10.9 Å². The van der Waals surface area contributed by atoms with Crippen molar-refractivity contribution in [2.45, 2.75) is 23.5 Å². The van der Waals surface area contributed by atoms with Crippen LogP contribution in [-0.2, 0) is 11.0 Å². The van der Waals surface area contributed by atoms with Gasteiger partial charge in [0.15, 0.2) is 0 Å². The maximum absolute atomic E-state index is 12.7. The number of aromatic nitrogens is 4. The molecule has 1 aromatic carbocycles. The number of hydrogen-bond donors (Lipinski definition) is 1. The minimum atomic E-state index is -4.46. The smallest absolute Gasteiger partial charge is 0.325 e. The molecule has 1 unspecified atom stereocenters. The third-order valence-corrected chi connectivity index (χ3v) is 4.16. The Morgan fingerprint density at radius 2 is 2.12 bits per heavy atom. The maximum Gasteiger partial charge on any atom is 0.416 e. The lowest BCUT2D eigenvalue weighted by molar-refractivity contribution is -0.137. The van der Waals surface area contributed by atoms with Gasteiger partial charge in [-0.05, 0) is 31.2 Å². The molecule has 0 aliphatic rings. The second-order valence-corrected chi connectivity index (χ2v) is 6.39. The fraction of sp³-hybridized carbons (Fsp3) is 0.200. The van der Waals surface area contributed by atoms with Crippen LogP contribution in [-0.4, -0.2) is 30.7 Å². The Morgan fingerprint density at radius 3 is 2.84 bits per heavy atom. The molecular weight excluding hydrogens is 355 g/mol. The average molecular weight is 367 g/mol. The molecule has 130 valence electrons. The van der Waals surface area contributed by atoms with Crippen LogP contribution in [0.1, 0.15) is 12.5 Å². The van der Waals surface area contributed by atoms with Crippen molar-refractivity contribution in [3.05, 3.63) is 48.3 Å². The molecule has 0 aliphatic heterocycles. The Balaban J connectivity index is 1.68. The largest absolute Gasteiger partial charge is 0.416 e. The van der Waals surface area contributed by atoms with Crippen LogP contribution in [0.15, 0.2) is 47.9 Å². The summed E-state index contributed by atoms with van der Waals surface area (Å²) in [7, 11) is 0. The molecule has 3 aromatic rings. The number of rotatable bonds is 4. The highest BCUT2D eigenvalue weighted by Gasteiger charge is 2.30. The monoisotopic (exact) mass is 367 g/mol. The summed E-state index contributed by atoms with van der Waals surface area (Å²) in [6.45, 7) is 1.62. The van der Waals surface area contributed by atoms with E-state index in [-0.39, 0.29) is 5.69 Å². The van der Waals surface area contributed by atoms with Gasteiger partial charge in [-0.3, -0.25) is 4.79 Å². The van der Waals surface area contributed by atoms with Gasteiger partial charge in [0.1, 0.15) is 0 Å². The zero-order valence-corrected chi connectivity index (χ0v) is 13.7. The van der Waals surface area contributed by atoms with Gasteiger partial charge >= 0.3 is 6.18 Å². The number of carbonyl (C=O) groups excluding carboxylic acids is 1. The second-order valence-electron chi connectivity index (χ2n) is 5.09. The first-order chi connectivity index (χ1) is 11.8. The molecule has 0 fully saturated rings. The van der Waals surface area contributed by atoms with Crippen LogP contribution in [0, 0.1) is 0 Å². The van der Waals surface area contributed by atoms with E-state index in [4.69, 9.17) is 0 Å². The SMILES string of the molecule is CC(Sc1nc2ncccn2n1)C(=O)Nc1cccc(C(F)(F)F)c1. The molecule has 0 aliphatic carbocycles. The highest BCUT2D eigenvalue weighted by Crippen LogP contribution is 2.31. The van der Waals surface area contributed by atoms with E-state index < -0.39 is 22.9 Å². The summed E-state index contributed by atoms with van der Waals surface area (Å²) in [5, 5.41) is 6.38. The van der Waals surface area contributed by atoms with Crippen molar-refractivity contribution in [3.8, 4) is 0 Å². The Morgan fingerprint density at radius 1 is 1.32 bits per heavy atom. The first kappa shape index (κ1) is 17.2. The van der Waals surface area contributed by atoms with Crippen LogP contribution < -0.4 is 5.32 Å². The second kappa shape index (κ2) is 6.71. The van der Waals surface area contributed by atoms with E-state index in [1.54, 1.807) is 25.4 Å². The predicted octanol–water partition coefficient (Wildman–Crippen LogP) is 3.26. The average Bonchev–Trinajstić information content (AvgIpc) is 2.96. The highest BCUT2D eigenvalue weighted by molar-refractivity contribution is 8.00. The van der Waals surface area contributed by atoms with Gasteiger partial charge in [-0.25, -0.2) is 9.50 Å². The van der Waals surface area contributed by atoms with Crippen LogP contribution in [0.25, 0.3) is 5.78 Å². The molecule has 2 heterocycles. The van der Waals surface area contributed by atoms with Gasteiger partial charge in [0, 0.05) is 18.1 Å². The van der Waals surface area contributed by atoms with Gasteiger partial charge in [0.2, 0.25) is 11.1 Å². The van der Waals surface area contributed by atoms with E-state index in [1.807, 2.05) is 0 Å². The van der Waals surface area contributed by atoms with Crippen LogP contribution in [0.5, 0.6) is 0 Å². The Hall–Kier alpha value is -2.62. The molecule has 6 nitrogen and oxygen atoms in total. The predicted molar refractivity (Wildman–Crippen MR) is 86.2 cm³/mol. The number of nitrogens with one attached hydrogen (secondary N) is 1. The number of alkyl halides is 3. The molecule has 3 rings (SSSR count). The third kappa shape index (κ3) is 4.08. The number of anilines is 1. The van der Waals surface area contributed by atoms with Gasteiger partial charge in [-0.2, -0.15) is 18.2 Å². The molecule has 1 atom stereocenters. The Bertz CT molecular complexity index is 878. The van der Waals surface area contributed by atoms with E-state index in [1.165, 1.54) is 16.6 Å². The van der Waals surface area contributed by atoms with Crippen molar-refractivity contribution in [2.75, 3.05) is 5.32 Å². The molecule has 0 saturated carbocycles. The first-order valence-electron chi connectivity index (χ1n) is 7.15. The van der Waals surface area contributed by atoms with Gasteiger partial charge in [0.25, 0.3) is 5.78 Å². The molecule has 1 amide bonds. The van der Waals surface area contributed by atoms with Crippen molar-refractivity contribution in [1.82, 2.24) is 19.6 Å². The summed E-state index contributed by atoms with van der Waals surface area (Å²) in [5.74, 6) is -0.0494. The molecule has 0 saturated heterocycles. The third-order valence-electron chi connectivity index (χ3n) is 3.21. The van der Waals surface area contributed by atoms with Gasteiger partial charge in [0.05, 0.1) is 10.8 Å². The summed E-state index contributed by atoms with van der Waals surface area (Å²) in [4.78, 5) is 20.4. The van der Waals surface area contributed by atoms with Crippen LogP contribution >= 0.6 is 11.8 Å². The van der Waals surface area contributed by atoms with Crippen molar-refractivity contribution in [3.63, 3.8) is 0 Å². The number of amides is 1. The number of halogens is 3. The number of benzene rings is 1. The Kier molecular flexibility index (Phi) is 4.62. The summed E-state index contributed by atoms with van der Waals surface area (Å²) >= 11 is 1.09. The quantitative estimate of drug-likeness (QED) is 0.717. The van der Waals surface area contributed by atoms with E-state index in [2.05, 4.69) is 20.4 Å². The number of hydrogen-bond acceptors (Lipinski definition) is 5. The number of carbonyl (C=O) groups is 1. The molecule has 2 aromatic heterocycles. The lowest BCUT2D eigenvalue weighted by Gasteiger charge is -2.12. The van der Waals surface area contributed by atoms with Crippen molar-refractivity contribution < 1.29 is 18.0 Å². The molecule has 25 heavy (non-hydrogen) atoms. The zero-order chi connectivity index (χ0) is 18.0. The fourth-order valence-corrected chi connectivity index (χ4v) is 2.74. The van der Waals surface area contributed by atoms with Crippen LogP contribution in [0.3, 0.4) is 0 Å². The zero-order valence-electron chi connectivity index (χ0n) is 12.9. The van der Waals surface area contributed by atoms with Gasteiger partial charge in [-0.15, -0.1) is 5.10 Å². The molecule has 0 spiro atoms. The minimum Gasteiger partial charge on any atom is -0.325 e. The lowest BCUT2D eigenvalue weighted by Crippen LogP contribution is -2.22. The normalized spacial score (nSPS) is 13.0. The molecule has 0 radical (unpaired) electrons. The van der Waals surface area contributed by atoms with Crippen molar-refractivity contribution >= 4 is 29.1 Å². The molecular formula is C15H12F3N5OS. The first-order valence-corrected chi connectivity index (χ1v) is 8.03. The van der Waals surface area contributed by atoms with Crippen molar-refractivity contribution in [2.24, 2.45) is 0 Å². The van der Waals surface area contributed by atoms with E-state index >= 15 is 0 Å². The highest BCUT2D eigenvalue weighted by atomic mass is 32.2.